The molecule has 0 spiro atoms. The predicted octanol–water partition coefficient (Wildman–Crippen LogP) is 0.508. The van der Waals surface area contributed by atoms with Crippen LogP contribution in [0.5, 0.6) is 0 Å². The molecule has 0 radical (unpaired) electrons. The smallest absolute Gasteiger partial charge is 0.243 e. The quantitative estimate of drug-likeness (QED) is 0.552. The lowest BCUT2D eigenvalue weighted by molar-refractivity contribution is -0.121. The van der Waals surface area contributed by atoms with Gasteiger partial charge in [0.05, 0.1) is 11.4 Å². The van der Waals surface area contributed by atoms with Gasteiger partial charge < -0.3 is 10.1 Å². The van der Waals surface area contributed by atoms with Crippen molar-refractivity contribution in [3.8, 4) is 0 Å². The molecule has 0 atom stereocenters. The molecule has 0 aliphatic carbocycles. The van der Waals surface area contributed by atoms with E-state index < -0.39 is 10.0 Å². The fourth-order valence-corrected chi connectivity index (χ4v) is 2.89. The lowest BCUT2D eigenvalue weighted by atomic mass is 10.4. The van der Waals surface area contributed by atoms with Gasteiger partial charge in [-0.2, -0.15) is 4.31 Å². The molecule has 0 saturated carbocycles. The first-order chi connectivity index (χ1) is 9.87. The maximum atomic E-state index is 12.2. The summed E-state index contributed by atoms with van der Waals surface area (Å²) in [6.45, 7) is 0.695. The number of pyridine rings is 1. The van der Waals surface area contributed by atoms with Crippen molar-refractivity contribution < 1.29 is 17.9 Å². The summed E-state index contributed by atoms with van der Waals surface area (Å²) in [4.78, 5) is 15.4. The average molecular weight is 336 g/mol. The summed E-state index contributed by atoms with van der Waals surface area (Å²) in [5.74, 6) is -0.377. The average Bonchev–Trinajstić information content (AvgIpc) is 2.43. The summed E-state index contributed by atoms with van der Waals surface area (Å²) in [5, 5.41) is 2.70. The first-order valence-electron chi connectivity index (χ1n) is 6.21. The van der Waals surface area contributed by atoms with Crippen molar-refractivity contribution in [1.82, 2.24) is 14.6 Å². The Bertz CT molecular complexity index is 580. The van der Waals surface area contributed by atoms with Gasteiger partial charge in [-0.25, -0.2) is 13.4 Å². The Kier molecular flexibility index (Phi) is 7.03. The van der Waals surface area contributed by atoms with Crippen LogP contribution in [0.1, 0.15) is 6.42 Å². The molecule has 0 unspecified atom stereocenters. The molecule has 9 heteroatoms. The molecule has 1 rings (SSSR count). The van der Waals surface area contributed by atoms with Gasteiger partial charge in [0.1, 0.15) is 5.15 Å². The van der Waals surface area contributed by atoms with E-state index >= 15 is 0 Å². The van der Waals surface area contributed by atoms with Crippen LogP contribution in [0.3, 0.4) is 0 Å². The van der Waals surface area contributed by atoms with Gasteiger partial charge >= 0.3 is 0 Å². The summed E-state index contributed by atoms with van der Waals surface area (Å²) in [6, 6.07) is 2.57. The van der Waals surface area contributed by atoms with E-state index in [0.29, 0.717) is 19.6 Å². The molecule has 0 fully saturated rings. The van der Waals surface area contributed by atoms with Crippen molar-refractivity contribution in [3.05, 3.63) is 23.5 Å². The van der Waals surface area contributed by atoms with Gasteiger partial charge in [0, 0.05) is 33.5 Å². The highest BCUT2D eigenvalue weighted by Crippen LogP contribution is 2.16. The molecule has 0 aliphatic heterocycles. The molecule has 1 N–H and O–H groups in total. The molecule has 1 aromatic heterocycles. The number of rotatable bonds is 8. The van der Waals surface area contributed by atoms with Crippen LogP contribution in [0.25, 0.3) is 0 Å². The largest absolute Gasteiger partial charge is 0.385 e. The summed E-state index contributed by atoms with van der Waals surface area (Å²) in [5.41, 5.74) is 0. The number of halogens is 1. The number of likely N-dealkylation sites (N-methyl/N-ethyl adjacent to an activating group) is 1. The highest BCUT2D eigenvalue weighted by Gasteiger charge is 2.23. The summed E-state index contributed by atoms with van der Waals surface area (Å²) in [7, 11) is -0.865. The fraction of sp³-hybridized carbons (Fsp3) is 0.500. The monoisotopic (exact) mass is 335 g/mol. The number of sulfonamides is 1. The molecule has 21 heavy (non-hydrogen) atoms. The molecule has 7 nitrogen and oxygen atoms in total. The SMILES string of the molecule is COCCCNC(=O)CN(C)S(=O)(=O)c1ccnc(Cl)c1. The molecule has 118 valence electrons. The number of carbonyl (C=O) groups is 1. The van der Waals surface area contributed by atoms with E-state index in [1.165, 1.54) is 25.4 Å². The van der Waals surface area contributed by atoms with Crippen molar-refractivity contribution in [2.75, 3.05) is 33.9 Å². The Balaban J connectivity index is 2.61. The van der Waals surface area contributed by atoms with Gasteiger partial charge in [-0.1, -0.05) is 11.6 Å². The van der Waals surface area contributed by atoms with E-state index in [4.69, 9.17) is 16.3 Å². The van der Waals surface area contributed by atoms with Crippen molar-refractivity contribution in [2.45, 2.75) is 11.3 Å². The molecular weight excluding hydrogens is 318 g/mol. The van der Waals surface area contributed by atoms with Gasteiger partial charge in [0.25, 0.3) is 0 Å². The Hall–Kier alpha value is -1.22. The lowest BCUT2D eigenvalue weighted by Crippen LogP contribution is -2.38. The molecule has 1 amide bonds. The van der Waals surface area contributed by atoms with E-state index in [1.54, 1.807) is 7.11 Å². The zero-order valence-electron chi connectivity index (χ0n) is 11.9. The number of methoxy groups -OCH3 is 1. The fourth-order valence-electron chi connectivity index (χ4n) is 1.51. The minimum Gasteiger partial charge on any atom is -0.385 e. The Morgan fingerprint density at radius 3 is 2.86 bits per heavy atom. The topological polar surface area (TPSA) is 88.6 Å². The number of hydrogen-bond donors (Lipinski definition) is 1. The molecule has 0 aliphatic rings. The minimum atomic E-state index is -3.77. The normalized spacial score (nSPS) is 11.6. The molecule has 1 heterocycles. The van der Waals surface area contributed by atoms with Crippen LogP contribution in [0, 0.1) is 0 Å². The van der Waals surface area contributed by atoms with Crippen molar-refractivity contribution in [1.29, 1.82) is 0 Å². The van der Waals surface area contributed by atoms with Crippen molar-refractivity contribution in [2.24, 2.45) is 0 Å². The highest BCUT2D eigenvalue weighted by atomic mass is 35.5. The first-order valence-corrected chi connectivity index (χ1v) is 8.03. The third kappa shape index (κ3) is 5.58. The number of carbonyl (C=O) groups excluding carboxylic acids is 1. The number of nitrogens with one attached hydrogen (secondary N) is 1. The predicted molar refractivity (Wildman–Crippen MR) is 78.6 cm³/mol. The number of aromatic nitrogens is 1. The van der Waals surface area contributed by atoms with Crippen LogP contribution in [0.4, 0.5) is 0 Å². The summed E-state index contributed by atoms with van der Waals surface area (Å²) < 4.78 is 30.3. The molecule has 1 aromatic rings. The maximum Gasteiger partial charge on any atom is 0.243 e. The zero-order valence-corrected chi connectivity index (χ0v) is 13.4. The Morgan fingerprint density at radius 1 is 1.52 bits per heavy atom. The number of hydrogen-bond acceptors (Lipinski definition) is 5. The van der Waals surface area contributed by atoms with Crippen LogP contribution in [-0.4, -0.2) is 57.5 Å². The maximum absolute atomic E-state index is 12.2. The third-order valence-electron chi connectivity index (χ3n) is 2.62. The summed E-state index contributed by atoms with van der Waals surface area (Å²) in [6.07, 6.45) is 1.96. The second-order valence-electron chi connectivity index (χ2n) is 4.27. The number of amides is 1. The van der Waals surface area contributed by atoms with Crippen LogP contribution >= 0.6 is 11.6 Å². The number of ether oxygens (including phenoxy) is 1. The molecular formula is C12H18ClN3O4S. The van der Waals surface area contributed by atoms with E-state index in [2.05, 4.69) is 10.3 Å². The van der Waals surface area contributed by atoms with Crippen LogP contribution in [-0.2, 0) is 19.6 Å². The second kappa shape index (κ2) is 8.28. The van der Waals surface area contributed by atoms with Gasteiger partial charge in [-0.15, -0.1) is 0 Å². The van der Waals surface area contributed by atoms with E-state index in [9.17, 15) is 13.2 Å². The minimum absolute atomic E-state index is 0.00261. The molecule has 0 saturated heterocycles. The van der Waals surface area contributed by atoms with E-state index in [1.807, 2.05) is 0 Å². The second-order valence-corrected chi connectivity index (χ2v) is 6.70. The first kappa shape index (κ1) is 17.8. The van der Waals surface area contributed by atoms with Crippen molar-refractivity contribution >= 4 is 27.5 Å². The van der Waals surface area contributed by atoms with E-state index in [-0.39, 0.29) is 22.5 Å². The van der Waals surface area contributed by atoms with Crippen molar-refractivity contribution in [3.63, 3.8) is 0 Å². The van der Waals surface area contributed by atoms with Gasteiger partial charge in [0.2, 0.25) is 15.9 Å². The van der Waals surface area contributed by atoms with E-state index in [0.717, 1.165) is 4.31 Å². The zero-order chi connectivity index (χ0) is 15.9. The Morgan fingerprint density at radius 2 is 2.24 bits per heavy atom. The summed E-state index contributed by atoms with van der Waals surface area (Å²) >= 11 is 5.67. The van der Waals surface area contributed by atoms with Gasteiger partial charge in [0.15, 0.2) is 0 Å². The number of nitrogens with zero attached hydrogens (tertiary/aromatic N) is 2. The van der Waals surface area contributed by atoms with Crippen LogP contribution in [0.2, 0.25) is 5.15 Å². The van der Waals surface area contributed by atoms with Crippen LogP contribution in [0.15, 0.2) is 23.2 Å². The van der Waals surface area contributed by atoms with Gasteiger partial charge in [-0.05, 0) is 18.6 Å². The lowest BCUT2D eigenvalue weighted by Gasteiger charge is -2.16. The molecule has 0 aromatic carbocycles. The van der Waals surface area contributed by atoms with Gasteiger partial charge in [-0.3, -0.25) is 4.79 Å². The molecule has 0 bridgehead atoms. The standard InChI is InChI=1S/C12H18ClN3O4S/c1-16(9-12(17)15-5-3-7-20-2)21(18,19)10-4-6-14-11(13)8-10/h4,6,8H,3,5,7,9H2,1-2H3,(H,15,17). The third-order valence-corrected chi connectivity index (χ3v) is 4.63. The highest BCUT2D eigenvalue weighted by molar-refractivity contribution is 7.89. The van der Waals surface area contributed by atoms with Crippen LogP contribution < -0.4 is 5.32 Å². The Labute approximate surface area is 129 Å².